The van der Waals surface area contributed by atoms with Crippen LogP contribution in [0.3, 0.4) is 0 Å². The van der Waals surface area contributed by atoms with E-state index in [1.54, 1.807) is 12.3 Å². The Hall–Kier alpha value is -1.42. The Kier molecular flexibility index (Phi) is 4.09. The molecule has 0 radical (unpaired) electrons. The van der Waals surface area contributed by atoms with Gasteiger partial charge in [-0.3, -0.25) is 4.98 Å². The lowest BCUT2D eigenvalue weighted by molar-refractivity contribution is 0.621. The molecule has 1 aromatic carbocycles. The molecule has 0 bridgehead atoms. The van der Waals surface area contributed by atoms with E-state index in [2.05, 4.69) is 26.2 Å². The van der Waals surface area contributed by atoms with Gasteiger partial charge in [-0.15, -0.1) is 0 Å². The molecule has 0 saturated heterocycles. The highest BCUT2D eigenvalue weighted by Crippen LogP contribution is 2.19. The molecule has 0 fully saturated rings. The van der Waals surface area contributed by atoms with Crippen LogP contribution in [0.5, 0.6) is 0 Å². The summed E-state index contributed by atoms with van der Waals surface area (Å²) in [6, 6.07) is 8.96. The lowest BCUT2D eigenvalue weighted by atomic mass is 10.2. The molecule has 2 aromatic rings. The summed E-state index contributed by atoms with van der Waals surface area (Å²) < 4.78 is 13.7. The van der Waals surface area contributed by atoms with E-state index in [1.807, 2.05) is 24.4 Å². The first kappa shape index (κ1) is 12.0. The van der Waals surface area contributed by atoms with Gasteiger partial charge in [0.15, 0.2) is 0 Å². The van der Waals surface area contributed by atoms with Crippen molar-refractivity contribution < 1.29 is 4.39 Å². The number of nitrogens with zero attached hydrogens (tertiary/aromatic N) is 1. The van der Waals surface area contributed by atoms with Crippen molar-refractivity contribution in [2.75, 3.05) is 11.9 Å². The molecule has 0 amide bonds. The zero-order valence-corrected chi connectivity index (χ0v) is 10.7. The molecule has 17 heavy (non-hydrogen) atoms. The first-order valence-corrected chi connectivity index (χ1v) is 6.13. The summed E-state index contributed by atoms with van der Waals surface area (Å²) in [5, 5.41) is 3.17. The molecular weight excluding hydrogens is 283 g/mol. The Morgan fingerprint density at radius 1 is 1.29 bits per heavy atom. The average molecular weight is 295 g/mol. The molecule has 4 heteroatoms. The van der Waals surface area contributed by atoms with Gasteiger partial charge >= 0.3 is 0 Å². The molecule has 0 aliphatic carbocycles. The molecule has 0 saturated carbocycles. The molecule has 88 valence electrons. The summed E-state index contributed by atoms with van der Waals surface area (Å²) in [5.41, 5.74) is 1.95. The van der Waals surface area contributed by atoms with E-state index in [9.17, 15) is 4.39 Å². The lowest BCUT2D eigenvalue weighted by Crippen LogP contribution is -2.05. The molecule has 0 spiro atoms. The second kappa shape index (κ2) is 5.77. The van der Waals surface area contributed by atoms with Crippen LogP contribution in [0.4, 0.5) is 10.1 Å². The van der Waals surface area contributed by atoms with Crippen LogP contribution >= 0.6 is 15.9 Å². The van der Waals surface area contributed by atoms with Gasteiger partial charge in [-0.25, -0.2) is 4.39 Å². The Morgan fingerprint density at radius 2 is 2.18 bits per heavy atom. The van der Waals surface area contributed by atoms with E-state index in [4.69, 9.17) is 0 Å². The summed E-state index contributed by atoms with van der Waals surface area (Å²) in [7, 11) is 0. The second-order valence-electron chi connectivity index (χ2n) is 3.67. The minimum atomic E-state index is -0.253. The van der Waals surface area contributed by atoms with Crippen molar-refractivity contribution in [1.82, 2.24) is 4.98 Å². The van der Waals surface area contributed by atoms with Gasteiger partial charge < -0.3 is 5.32 Å². The number of anilines is 1. The predicted molar refractivity (Wildman–Crippen MR) is 70.5 cm³/mol. The van der Waals surface area contributed by atoms with Crippen LogP contribution in [0.15, 0.2) is 47.2 Å². The van der Waals surface area contributed by atoms with Crippen LogP contribution in [-0.2, 0) is 6.42 Å². The van der Waals surface area contributed by atoms with Gasteiger partial charge in [0.2, 0.25) is 0 Å². The smallest absolute Gasteiger partial charge is 0.139 e. The fourth-order valence-electron chi connectivity index (χ4n) is 1.50. The van der Waals surface area contributed by atoms with Crippen LogP contribution in [0, 0.1) is 5.82 Å². The Balaban J connectivity index is 1.88. The summed E-state index contributed by atoms with van der Waals surface area (Å²) in [6.07, 6.45) is 4.45. The molecule has 1 heterocycles. The lowest BCUT2D eigenvalue weighted by Gasteiger charge is -2.06. The van der Waals surface area contributed by atoms with Crippen molar-refractivity contribution in [1.29, 1.82) is 0 Å². The summed E-state index contributed by atoms with van der Waals surface area (Å²) >= 11 is 3.12. The highest BCUT2D eigenvalue weighted by molar-refractivity contribution is 9.10. The molecule has 1 aromatic heterocycles. The summed E-state index contributed by atoms with van der Waals surface area (Å²) in [5.74, 6) is -0.253. The quantitative estimate of drug-likeness (QED) is 0.931. The molecular formula is C13H12BrFN2. The summed E-state index contributed by atoms with van der Waals surface area (Å²) in [4.78, 5) is 4.04. The highest BCUT2D eigenvalue weighted by Gasteiger charge is 2.00. The molecule has 0 atom stereocenters. The van der Waals surface area contributed by atoms with Gasteiger partial charge in [-0.2, -0.15) is 0 Å². The van der Waals surface area contributed by atoms with E-state index >= 15 is 0 Å². The minimum Gasteiger partial charge on any atom is -0.385 e. The minimum absolute atomic E-state index is 0.253. The molecule has 1 N–H and O–H groups in total. The van der Waals surface area contributed by atoms with Gasteiger partial charge in [0.05, 0.1) is 4.47 Å². The predicted octanol–water partition coefficient (Wildman–Crippen LogP) is 3.64. The van der Waals surface area contributed by atoms with Crippen LogP contribution in [-0.4, -0.2) is 11.5 Å². The van der Waals surface area contributed by atoms with Crippen LogP contribution in [0.2, 0.25) is 0 Å². The van der Waals surface area contributed by atoms with Crippen molar-refractivity contribution >= 4 is 21.6 Å². The largest absolute Gasteiger partial charge is 0.385 e. The first-order chi connectivity index (χ1) is 8.25. The number of pyridine rings is 1. The van der Waals surface area contributed by atoms with Crippen LogP contribution in [0.25, 0.3) is 0 Å². The van der Waals surface area contributed by atoms with Gasteiger partial charge in [-0.05, 0) is 52.2 Å². The van der Waals surface area contributed by atoms with E-state index < -0.39 is 0 Å². The maximum atomic E-state index is 13.2. The summed E-state index contributed by atoms with van der Waals surface area (Å²) in [6.45, 7) is 0.757. The van der Waals surface area contributed by atoms with Gasteiger partial charge in [0.25, 0.3) is 0 Å². The Bertz CT molecular complexity index is 488. The Morgan fingerprint density at radius 3 is 2.88 bits per heavy atom. The highest BCUT2D eigenvalue weighted by atomic mass is 79.9. The van der Waals surface area contributed by atoms with Gasteiger partial charge in [0, 0.05) is 24.6 Å². The third kappa shape index (κ3) is 3.53. The Labute approximate surface area is 108 Å². The van der Waals surface area contributed by atoms with Crippen LogP contribution in [0.1, 0.15) is 5.56 Å². The van der Waals surface area contributed by atoms with Crippen molar-refractivity contribution in [2.45, 2.75) is 6.42 Å². The number of hydrogen-bond acceptors (Lipinski definition) is 2. The van der Waals surface area contributed by atoms with Crippen molar-refractivity contribution in [3.8, 4) is 0 Å². The third-order valence-electron chi connectivity index (χ3n) is 2.39. The van der Waals surface area contributed by atoms with E-state index in [0.717, 1.165) is 24.2 Å². The van der Waals surface area contributed by atoms with E-state index in [-0.39, 0.29) is 5.82 Å². The first-order valence-electron chi connectivity index (χ1n) is 5.33. The van der Waals surface area contributed by atoms with Gasteiger partial charge in [0.1, 0.15) is 5.82 Å². The standard InChI is InChI=1S/C13H12BrFN2/c14-12-4-3-11(8-13(12)15)17-7-5-10-2-1-6-16-9-10/h1-4,6,8-9,17H,5,7H2. The van der Waals surface area contributed by atoms with Crippen LogP contribution < -0.4 is 5.32 Å². The van der Waals surface area contributed by atoms with Crippen molar-refractivity contribution in [2.24, 2.45) is 0 Å². The zero-order chi connectivity index (χ0) is 12.1. The SMILES string of the molecule is Fc1cc(NCCc2cccnc2)ccc1Br. The van der Waals surface area contributed by atoms with Crippen molar-refractivity contribution in [3.63, 3.8) is 0 Å². The molecule has 0 aliphatic heterocycles. The topological polar surface area (TPSA) is 24.9 Å². The number of nitrogens with one attached hydrogen (secondary N) is 1. The maximum absolute atomic E-state index is 13.2. The zero-order valence-electron chi connectivity index (χ0n) is 9.16. The molecule has 0 aliphatic rings. The molecule has 2 rings (SSSR count). The fraction of sp³-hybridized carbons (Fsp3) is 0.154. The van der Waals surface area contributed by atoms with Crippen molar-refractivity contribution in [3.05, 3.63) is 58.6 Å². The number of aromatic nitrogens is 1. The monoisotopic (exact) mass is 294 g/mol. The third-order valence-corrected chi connectivity index (χ3v) is 3.03. The van der Waals surface area contributed by atoms with E-state index in [0.29, 0.717) is 4.47 Å². The molecule has 2 nitrogen and oxygen atoms in total. The molecule has 0 unspecified atom stereocenters. The van der Waals surface area contributed by atoms with Gasteiger partial charge in [-0.1, -0.05) is 6.07 Å². The van der Waals surface area contributed by atoms with E-state index in [1.165, 1.54) is 6.07 Å². The fourth-order valence-corrected chi connectivity index (χ4v) is 1.75. The number of halogens is 2. The number of benzene rings is 1. The normalized spacial score (nSPS) is 10.2. The maximum Gasteiger partial charge on any atom is 0.139 e. The number of rotatable bonds is 4. The average Bonchev–Trinajstić information content (AvgIpc) is 2.35. The second-order valence-corrected chi connectivity index (χ2v) is 4.52. The number of hydrogen-bond donors (Lipinski definition) is 1.